The Morgan fingerprint density at radius 2 is 2.38 bits per heavy atom. The van der Waals surface area contributed by atoms with Crippen LogP contribution in [0, 0.1) is 0 Å². The van der Waals surface area contributed by atoms with Crippen LogP contribution in [0.15, 0.2) is 12.2 Å². The van der Waals surface area contributed by atoms with Gasteiger partial charge in [-0.25, -0.2) is 5.84 Å². The molecule has 0 bridgehead atoms. The molecule has 0 aromatic heterocycles. The molecule has 0 aromatic rings. The van der Waals surface area contributed by atoms with Crippen molar-refractivity contribution in [2.24, 2.45) is 5.84 Å². The fraction of sp³-hybridized carbons (Fsp3) is 0.571. The van der Waals surface area contributed by atoms with E-state index >= 15 is 0 Å². The minimum atomic E-state index is -1.46. The lowest BCUT2D eigenvalue weighted by atomic mass is 10.2. The molecule has 2 atom stereocenters. The maximum atomic E-state index is 11.2. The van der Waals surface area contributed by atoms with E-state index in [0.717, 1.165) is 0 Å². The van der Waals surface area contributed by atoms with Gasteiger partial charge in [0.1, 0.15) is 0 Å². The van der Waals surface area contributed by atoms with Crippen molar-refractivity contribution in [3.63, 3.8) is 0 Å². The minimum Gasteiger partial charge on any atom is -0.352 e. The first-order valence-corrected chi connectivity index (χ1v) is 3.64. The van der Waals surface area contributed by atoms with Gasteiger partial charge in [0.05, 0.1) is 0 Å². The minimum absolute atomic E-state index is 0.578. The van der Waals surface area contributed by atoms with E-state index in [9.17, 15) is 4.79 Å². The van der Waals surface area contributed by atoms with Crippen LogP contribution in [0.4, 0.5) is 0 Å². The molecule has 6 heteroatoms. The van der Waals surface area contributed by atoms with Gasteiger partial charge in [0, 0.05) is 14.2 Å². The fourth-order valence-corrected chi connectivity index (χ4v) is 1.02. The van der Waals surface area contributed by atoms with Crippen molar-refractivity contribution in [1.29, 1.82) is 0 Å². The van der Waals surface area contributed by atoms with E-state index < -0.39 is 18.0 Å². The van der Waals surface area contributed by atoms with Crippen LogP contribution in [-0.4, -0.2) is 32.2 Å². The first kappa shape index (κ1) is 10.1. The van der Waals surface area contributed by atoms with Crippen molar-refractivity contribution in [2.75, 3.05) is 14.2 Å². The Morgan fingerprint density at radius 1 is 1.69 bits per heavy atom. The van der Waals surface area contributed by atoms with Gasteiger partial charge in [0.25, 0.3) is 11.7 Å². The van der Waals surface area contributed by atoms with Crippen LogP contribution in [0.3, 0.4) is 0 Å². The largest absolute Gasteiger partial charge is 0.352 e. The van der Waals surface area contributed by atoms with Crippen LogP contribution in [-0.2, 0) is 19.0 Å². The maximum Gasteiger partial charge on any atom is 0.298 e. The van der Waals surface area contributed by atoms with Gasteiger partial charge in [0.2, 0.25) is 0 Å². The molecular weight excluding hydrogens is 176 g/mol. The predicted octanol–water partition coefficient (Wildman–Crippen LogP) is -1.12. The number of carbonyl (C=O) groups is 1. The van der Waals surface area contributed by atoms with Gasteiger partial charge in [-0.1, -0.05) is 0 Å². The molecule has 0 saturated heterocycles. The van der Waals surface area contributed by atoms with Gasteiger partial charge in [-0.15, -0.1) is 0 Å². The van der Waals surface area contributed by atoms with Gasteiger partial charge in [-0.05, 0) is 12.2 Å². The van der Waals surface area contributed by atoms with Gasteiger partial charge in [-0.3, -0.25) is 10.2 Å². The number of amides is 1. The highest BCUT2D eigenvalue weighted by molar-refractivity contribution is 5.85. The number of hydrazine groups is 1. The summed E-state index contributed by atoms with van der Waals surface area (Å²) in [5.41, 5.74) is 1.95. The van der Waals surface area contributed by atoms with Crippen LogP contribution in [0.5, 0.6) is 0 Å². The molecule has 0 spiro atoms. The quantitative estimate of drug-likeness (QED) is 0.253. The van der Waals surface area contributed by atoms with Crippen LogP contribution < -0.4 is 11.3 Å². The van der Waals surface area contributed by atoms with Crippen LogP contribution >= 0.6 is 0 Å². The Labute approximate surface area is 75.6 Å². The lowest BCUT2D eigenvalue weighted by Crippen LogP contribution is -2.50. The highest BCUT2D eigenvalue weighted by Crippen LogP contribution is 2.24. The Kier molecular flexibility index (Phi) is 2.99. The number of hydrogen-bond acceptors (Lipinski definition) is 5. The summed E-state index contributed by atoms with van der Waals surface area (Å²) in [6, 6.07) is 0. The Morgan fingerprint density at radius 3 is 2.77 bits per heavy atom. The summed E-state index contributed by atoms with van der Waals surface area (Å²) in [5.74, 6) is 2.92. The molecule has 0 aliphatic carbocycles. The van der Waals surface area contributed by atoms with E-state index in [2.05, 4.69) is 0 Å². The summed E-state index contributed by atoms with van der Waals surface area (Å²) in [5, 5.41) is 0. The number of rotatable bonds is 3. The maximum absolute atomic E-state index is 11.2. The number of ether oxygens (including phenoxy) is 3. The molecule has 0 fully saturated rings. The molecule has 6 nitrogen and oxygen atoms in total. The van der Waals surface area contributed by atoms with E-state index in [1.54, 1.807) is 6.08 Å². The second-order valence-corrected chi connectivity index (χ2v) is 2.43. The summed E-state index contributed by atoms with van der Waals surface area (Å²) in [4.78, 5) is 11.2. The molecule has 1 amide bonds. The van der Waals surface area contributed by atoms with Gasteiger partial charge in [0.15, 0.2) is 6.29 Å². The third kappa shape index (κ3) is 1.70. The van der Waals surface area contributed by atoms with Crippen molar-refractivity contribution in [1.82, 2.24) is 5.43 Å². The van der Waals surface area contributed by atoms with E-state index in [-0.39, 0.29) is 0 Å². The zero-order valence-electron chi connectivity index (χ0n) is 7.44. The van der Waals surface area contributed by atoms with E-state index in [1.807, 2.05) is 5.43 Å². The Bertz CT molecular complexity index is 231. The van der Waals surface area contributed by atoms with Gasteiger partial charge >= 0.3 is 0 Å². The molecular formula is C7H12N2O4. The molecule has 1 aliphatic rings. The van der Waals surface area contributed by atoms with Crippen LogP contribution in [0.1, 0.15) is 0 Å². The second kappa shape index (κ2) is 3.84. The fourth-order valence-electron chi connectivity index (χ4n) is 1.02. The third-order valence-electron chi connectivity index (χ3n) is 1.75. The van der Waals surface area contributed by atoms with Gasteiger partial charge < -0.3 is 14.2 Å². The topological polar surface area (TPSA) is 82.8 Å². The van der Waals surface area contributed by atoms with Crippen LogP contribution in [0.2, 0.25) is 0 Å². The van der Waals surface area contributed by atoms with Crippen molar-refractivity contribution >= 4 is 5.91 Å². The molecule has 0 saturated carbocycles. The summed E-state index contributed by atoms with van der Waals surface area (Å²) in [6.45, 7) is 0. The summed E-state index contributed by atoms with van der Waals surface area (Å²) in [7, 11) is 2.80. The Hall–Kier alpha value is -0.950. The molecule has 13 heavy (non-hydrogen) atoms. The molecule has 1 heterocycles. The molecule has 1 rings (SSSR count). The van der Waals surface area contributed by atoms with Crippen molar-refractivity contribution in [3.05, 3.63) is 12.2 Å². The molecule has 0 aromatic carbocycles. The molecule has 74 valence electrons. The standard InChI is InChI=1S/C7H12N2O4/c1-11-5-3-4-7(12-2,13-5)6(10)9-8/h3-5H,8H2,1-2H3,(H,9,10). The van der Waals surface area contributed by atoms with E-state index in [1.165, 1.54) is 20.3 Å². The van der Waals surface area contributed by atoms with Crippen LogP contribution in [0.25, 0.3) is 0 Å². The zero-order valence-corrected chi connectivity index (χ0v) is 7.44. The second-order valence-electron chi connectivity index (χ2n) is 2.43. The molecule has 2 unspecified atom stereocenters. The number of nitrogens with two attached hydrogens (primary N) is 1. The summed E-state index contributed by atoms with van der Waals surface area (Å²) >= 11 is 0. The first-order valence-electron chi connectivity index (χ1n) is 3.64. The average Bonchev–Trinajstić information content (AvgIpc) is 2.61. The smallest absolute Gasteiger partial charge is 0.298 e. The van der Waals surface area contributed by atoms with Crippen molar-refractivity contribution < 1.29 is 19.0 Å². The number of methoxy groups -OCH3 is 2. The zero-order chi connectivity index (χ0) is 9.90. The normalized spacial score (nSPS) is 32.1. The number of hydrogen-bond donors (Lipinski definition) is 2. The third-order valence-corrected chi connectivity index (χ3v) is 1.75. The predicted molar refractivity (Wildman–Crippen MR) is 43.1 cm³/mol. The van der Waals surface area contributed by atoms with E-state index in [0.29, 0.717) is 0 Å². The lowest BCUT2D eigenvalue weighted by Gasteiger charge is -2.24. The first-order chi connectivity index (χ1) is 6.18. The SMILES string of the molecule is COC1C=CC(OC)(C(=O)NN)O1. The molecule has 3 N–H and O–H groups in total. The van der Waals surface area contributed by atoms with Crippen molar-refractivity contribution in [3.8, 4) is 0 Å². The van der Waals surface area contributed by atoms with Crippen molar-refractivity contribution in [2.45, 2.75) is 12.1 Å². The number of carbonyl (C=O) groups excluding carboxylic acids is 1. The highest BCUT2D eigenvalue weighted by atomic mass is 16.8. The molecule has 0 radical (unpaired) electrons. The summed E-state index contributed by atoms with van der Waals surface area (Å²) in [6.07, 6.45) is 2.43. The lowest BCUT2D eigenvalue weighted by molar-refractivity contribution is -0.235. The number of nitrogens with one attached hydrogen (secondary N) is 1. The van der Waals surface area contributed by atoms with E-state index in [4.69, 9.17) is 20.1 Å². The molecule has 1 aliphatic heterocycles. The highest BCUT2D eigenvalue weighted by Gasteiger charge is 2.43. The monoisotopic (exact) mass is 188 g/mol. The average molecular weight is 188 g/mol. The van der Waals surface area contributed by atoms with Gasteiger partial charge in [-0.2, -0.15) is 0 Å². The summed E-state index contributed by atoms with van der Waals surface area (Å²) < 4.78 is 14.9. The Balaban J connectivity index is 2.75.